The Hall–Kier alpha value is -1.14. The molecule has 0 saturated carbocycles. The normalized spacial score (nSPS) is 13.6. The van der Waals surface area contributed by atoms with Gasteiger partial charge >= 0.3 is 0 Å². The number of nitrogen functional groups attached to an aromatic ring is 1. The van der Waals surface area contributed by atoms with Crippen LogP contribution in [0.4, 0.5) is 10.1 Å². The summed E-state index contributed by atoms with van der Waals surface area (Å²) in [5.74, 6) is -0.590. The lowest BCUT2D eigenvalue weighted by Gasteiger charge is -2.28. The van der Waals surface area contributed by atoms with Crippen molar-refractivity contribution >= 4 is 15.7 Å². The number of unbranched alkanes of at least 4 members (excludes halogenated alkanes) is 1. The highest BCUT2D eigenvalue weighted by molar-refractivity contribution is 7.89. The number of rotatable bonds is 7. The fourth-order valence-electron chi connectivity index (χ4n) is 2.05. The molecule has 1 aromatic rings. The standard InChI is InChI=1S/C15H25FN2O2S/c1-5-7-8-18(11(3)6-2)21(19,20)13-9-14(16)12(4)15(17)10-13/h9-11H,5-8,17H2,1-4H3. The molecule has 0 spiro atoms. The summed E-state index contributed by atoms with van der Waals surface area (Å²) in [6, 6.07) is 2.27. The molecule has 0 fully saturated rings. The van der Waals surface area contributed by atoms with E-state index in [0.29, 0.717) is 13.0 Å². The number of nitrogens with zero attached hydrogens (tertiary/aromatic N) is 1. The number of nitrogens with two attached hydrogens (primary N) is 1. The molecule has 0 amide bonds. The van der Waals surface area contributed by atoms with Crippen molar-refractivity contribution in [2.75, 3.05) is 12.3 Å². The summed E-state index contributed by atoms with van der Waals surface area (Å²) in [4.78, 5) is -0.0699. The highest BCUT2D eigenvalue weighted by atomic mass is 32.2. The quantitative estimate of drug-likeness (QED) is 0.785. The Morgan fingerprint density at radius 1 is 1.33 bits per heavy atom. The highest BCUT2D eigenvalue weighted by Crippen LogP contribution is 2.25. The van der Waals surface area contributed by atoms with E-state index in [4.69, 9.17) is 5.73 Å². The first-order valence-corrected chi connectivity index (χ1v) is 8.77. The molecule has 6 heteroatoms. The average Bonchev–Trinajstić information content (AvgIpc) is 2.43. The van der Waals surface area contributed by atoms with Gasteiger partial charge in [0.2, 0.25) is 10.0 Å². The molecule has 21 heavy (non-hydrogen) atoms. The minimum absolute atomic E-state index is 0.0699. The minimum atomic E-state index is -3.73. The van der Waals surface area contributed by atoms with Gasteiger partial charge in [0.05, 0.1) is 4.90 Å². The lowest BCUT2D eigenvalue weighted by molar-refractivity contribution is 0.324. The Balaban J connectivity index is 3.28. The van der Waals surface area contributed by atoms with Gasteiger partial charge in [0.1, 0.15) is 5.82 Å². The van der Waals surface area contributed by atoms with Gasteiger partial charge in [0.25, 0.3) is 0 Å². The molecule has 1 atom stereocenters. The Morgan fingerprint density at radius 2 is 1.95 bits per heavy atom. The van der Waals surface area contributed by atoms with Crippen LogP contribution in [0.2, 0.25) is 0 Å². The Bertz CT molecular complexity index is 564. The Morgan fingerprint density at radius 3 is 2.43 bits per heavy atom. The second-order valence-corrected chi connectivity index (χ2v) is 7.24. The molecule has 1 unspecified atom stereocenters. The fourth-order valence-corrected chi connectivity index (χ4v) is 3.84. The van der Waals surface area contributed by atoms with Crippen LogP contribution in [0, 0.1) is 12.7 Å². The third-order valence-electron chi connectivity index (χ3n) is 3.78. The molecule has 0 aliphatic rings. The van der Waals surface area contributed by atoms with E-state index < -0.39 is 15.8 Å². The molecule has 0 bridgehead atoms. The van der Waals surface area contributed by atoms with Crippen molar-refractivity contribution in [1.82, 2.24) is 4.31 Å². The number of hydrogen-bond acceptors (Lipinski definition) is 3. The van der Waals surface area contributed by atoms with Crippen LogP contribution in [0.3, 0.4) is 0 Å². The lowest BCUT2D eigenvalue weighted by Crippen LogP contribution is -2.39. The van der Waals surface area contributed by atoms with Gasteiger partial charge in [-0.3, -0.25) is 0 Å². The van der Waals surface area contributed by atoms with Gasteiger partial charge in [-0.2, -0.15) is 4.31 Å². The maximum absolute atomic E-state index is 13.8. The van der Waals surface area contributed by atoms with Crippen LogP contribution >= 0.6 is 0 Å². The molecule has 120 valence electrons. The molecule has 0 aromatic heterocycles. The van der Waals surface area contributed by atoms with E-state index in [9.17, 15) is 12.8 Å². The van der Waals surface area contributed by atoms with Crippen LogP contribution in [0.1, 0.15) is 45.6 Å². The van der Waals surface area contributed by atoms with E-state index in [2.05, 4.69) is 0 Å². The van der Waals surface area contributed by atoms with E-state index in [1.54, 1.807) is 0 Å². The van der Waals surface area contributed by atoms with Gasteiger partial charge in [-0.15, -0.1) is 0 Å². The second kappa shape index (κ2) is 7.22. The zero-order valence-electron chi connectivity index (χ0n) is 13.2. The molecule has 2 N–H and O–H groups in total. The van der Waals surface area contributed by atoms with Crippen LogP contribution in [-0.2, 0) is 10.0 Å². The van der Waals surface area contributed by atoms with Crippen LogP contribution in [0.25, 0.3) is 0 Å². The van der Waals surface area contributed by atoms with Crippen molar-refractivity contribution in [3.05, 3.63) is 23.5 Å². The number of sulfonamides is 1. The summed E-state index contributed by atoms with van der Waals surface area (Å²) < 4.78 is 40.8. The Labute approximate surface area is 127 Å². The first kappa shape index (κ1) is 17.9. The van der Waals surface area contributed by atoms with Crippen molar-refractivity contribution in [3.8, 4) is 0 Å². The summed E-state index contributed by atoms with van der Waals surface area (Å²) in [6.45, 7) is 7.77. The molecule has 0 saturated heterocycles. The van der Waals surface area contributed by atoms with Gasteiger partial charge in [0, 0.05) is 23.8 Å². The first-order valence-electron chi connectivity index (χ1n) is 7.33. The molecule has 0 heterocycles. The molecule has 0 radical (unpaired) electrons. The largest absolute Gasteiger partial charge is 0.398 e. The molecule has 1 aromatic carbocycles. The van der Waals surface area contributed by atoms with Crippen molar-refractivity contribution in [2.24, 2.45) is 0 Å². The van der Waals surface area contributed by atoms with Crippen molar-refractivity contribution in [3.63, 3.8) is 0 Å². The predicted molar refractivity (Wildman–Crippen MR) is 84.1 cm³/mol. The van der Waals surface area contributed by atoms with Crippen LogP contribution in [0.5, 0.6) is 0 Å². The highest BCUT2D eigenvalue weighted by Gasteiger charge is 2.28. The maximum atomic E-state index is 13.8. The summed E-state index contributed by atoms with van der Waals surface area (Å²) in [7, 11) is -3.73. The number of benzene rings is 1. The third-order valence-corrected chi connectivity index (χ3v) is 5.77. The van der Waals surface area contributed by atoms with Gasteiger partial charge in [0.15, 0.2) is 0 Å². The average molecular weight is 316 g/mol. The van der Waals surface area contributed by atoms with Gasteiger partial charge in [-0.25, -0.2) is 12.8 Å². The predicted octanol–water partition coefficient (Wildman–Crippen LogP) is 3.31. The minimum Gasteiger partial charge on any atom is -0.398 e. The zero-order chi connectivity index (χ0) is 16.2. The number of hydrogen-bond donors (Lipinski definition) is 1. The van der Waals surface area contributed by atoms with Crippen molar-refractivity contribution in [1.29, 1.82) is 0 Å². The number of anilines is 1. The zero-order valence-corrected chi connectivity index (χ0v) is 14.0. The summed E-state index contributed by atoms with van der Waals surface area (Å²) in [5, 5.41) is 0. The molecular weight excluding hydrogens is 291 g/mol. The van der Waals surface area contributed by atoms with Gasteiger partial charge in [-0.1, -0.05) is 20.3 Å². The van der Waals surface area contributed by atoms with E-state index >= 15 is 0 Å². The summed E-state index contributed by atoms with van der Waals surface area (Å²) in [6.07, 6.45) is 2.37. The van der Waals surface area contributed by atoms with E-state index in [1.807, 2.05) is 20.8 Å². The van der Waals surface area contributed by atoms with Crippen LogP contribution in [0.15, 0.2) is 17.0 Å². The monoisotopic (exact) mass is 316 g/mol. The Kier molecular flexibility index (Phi) is 6.16. The first-order chi connectivity index (χ1) is 9.75. The van der Waals surface area contributed by atoms with Gasteiger partial charge in [-0.05, 0) is 38.8 Å². The van der Waals surface area contributed by atoms with E-state index in [0.717, 1.165) is 18.9 Å². The van der Waals surface area contributed by atoms with E-state index in [1.165, 1.54) is 17.3 Å². The summed E-state index contributed by atoms with van der Waals surface area (Å²) in [5.41, 5.74) is 6.14. The second-order valence-electron chi connectivity index (χ2n) is 5.35. The van der Waals surface area contributed by atoms with Crippen molar-refractivity contribution in [2.45, 2.75) is 57.9 Å². The molecule has 4 nitrogen and oxygen atoms in total. The molecule has 0 aliphatic heterocycles. The van der Waals surface area contributed by atoms with Crippen LogP contribution < -0.4 is 5.73 Å². The SMILES string of the molecule is CCCCN(C(C)CC)S(=O)(=O)c1cc(N)c(C)c(F)c1. The lowest BCUT2D eigenvalue weighted by atomic mass is 10.2. The topological polar surface area (TPSA) is 63.4 Å². The maximum Gasteiger partial charge on any atom is 0.243 e. The number of halogens is 1. The molecule has 1 rings (SSSR count). The summed E-state index contributed by atoms with van der Waals surface area (Å²) >= 11 is 0. The smallest absolute Gasteiger partial charge is 0.243 e. The van der Waals surface area contributed by atoms with Crippen molar-refractivity contribution < 1.29 is 12.8 Å². The van der Waals surface area contributed by atoms with E-state index in [-0.39, 0.29) is 22.2 Å². The van der Waals surface area contributed by atoms with Crippen LogP contribution in [-0.4, -0.2) is 25.3 Å². The third kappa shape index (κ3) is 3.95. The molecular formula is C15H25FN2O2S. The fraction of sp³-hybridized carbons (Fsp3) is 0.600. The van der Waals surface area contributed by atoms with Gasteiger partial charge < -0.3 is 5.73 Å². The molecule has 0 aliphatic carbocycles.